The van der Waals surface area contributed by atoms with Crippen molar-refractivity contribution in [3.63, 3.8) is 0 Å². The molecule has 0 aliphatic heterocycles. The van der Waals surface area contributed by atoms with Gasteiger partial charge in [0, 0.05) is 20.0 Å². The number of hydrogen-bond acceptors (Lipinski definition) is 4. The van der Waals surface area contributed by atoms with Crippen LogP contribution in [0.15, 0.2) is 12.3 Å². The number of aromatic amines is 1. The lowest BCUT2D eigenvalue weighted by atomic mass is 10.4. The fourth-order valence-corrected chi connectivity index (χ4v) is 1.72. The van der Waals surface area contributed by atoms with Gasteiger partial charge in [-0.2, -0.15) is 9.97 Å². The summed E-state index contributed by atoms with van der Waals surface area (Å²) in [5.74, 6) is -0.941. The first kappa shape index (κ1) is 11.5. The summed E-state index contributed by atoms with van der Waals surface area (Å²) in [5, 5.41) is 0.834. The molecule has 0 spiro atoms. The maximum atomic E-state index is 11.3. The van der Waals surface area contributed by atoms with Gasteiger partial charge in [0.15, 0.2) is 0 Å². The fourth-order valence-electron chi connectivity index (χ4n) is 1.50. The van der Waals surface area contributed by atoms with Gasteiger partial charge in [-0.05, 0) is 6.07 Å². The fraction of sp³-hybridized carbons (Fsp3) is 0.200. The Morgan fingerprint density at radius 2 is 1.94 bits per heavy atom. The van der Waals surface area contributed by atoms with Gasteiger partial charge < -0.3 is 4.98 Å². The van der Waals surface area contributed by atoms with Gasteiger partial charge in [0.2, 0.25) is 17.8 Å². The van der Waals surface area contributed by atoms with E-state index in [1.807, 2.05) is 0 Å². The third kappa shape index (κ3) is 1.99. The van der Waals surface area contributed by atoms with E-state index in [1.54, 1.807) is 12.3 Å². The Kier molecular flexibility index (Phi) is 2.81. The van der Waals surface area contributed by atoms with Gasteiger partial charge in [0.1, 0.15) is 10.8 Å². The summed E-state index contributed by atoms with van der Waals surface area (Å²) >= 11 is 5.94. The average Bonchev–Trinajstić information content (AvgIpc) is 2.64. The second kappa shape index (κ2) is 4.14. The standard InChI is InChI=1S/C10H9ClN4O2/c1-5(16)15(6(2)17)10-13-8(11)7-3-4-12-9(7)14-10/h3-4H,1-2H3,(H,12,13,14). The lowest BCUT2D eigenvalue weighted by Crippen LogP contribution is -2.34. The molecule has 0 atom stereocenters. The molecule has 2 rings (SSSR count). The Bertz CT molecular complexity index is 593. The molecule has 0 aliphatic rings. The van der Waals surface area contributed by atoms with E-state index >= 15 is 0 Å². The number of carbonyl (C=O) groups excluding carboxylic acids is 2. The number of hydrogen-bond donors (Lipinski definition) is 1. The molecule has 88 valence electrons. The third-order valence-electron chi connectivity index (χ3n) is 2.19. The van der Waals surface area contributed by atoms with Crippen LogP contribution in [-0.4, -0.2) is 26.8 Å². The van der Waals surface area contributed by atoms with Crippen LogP contribution in [0.3, 0.4) is 0 Å². The summed E-state index contributed by atoms with van der Waals surface area (Å²) in [5.41, 5.74) is 0.479. The number of rotatable bonds is 1. The van der Waals surface area contributed by atoms with Crippen molar-refractivity contribution in [2.24, 2.45) is 0 Å². The first-order valence-corrected chi connectivity index (χ1v) is 5.20. The van der Waals surface area contributed by atoms with Gasteiger partial charge in [-0.25, -0.2) is 4.90 Å². The largest absolute Gasteiger partial charge is 0.346 e. The molecule has 2 aromatic rings. The van der Waals surface area contributed by atoms with Gasteiger partial charge in [-0.3, -0.25) is 9.59 Å². The Morgan fingerprint density at radius 1 is 1.29 bits per heavy atom. The maximum absolute atomic E-state index is 11.3. The molecule has 0 unspecified atom stereocenters. The number of nitrogens with one attached hydrogen (secondary N) is 1. The molecule has 0 aromatic carbocycles. The number of anilines is 1. The number of H-pyrrole nitrogens is 1. The van der Waals surface area contributed by atoms with Gasteiger partial charge >= 0.3 is 0 Å². The summed E-state index contributed by atoms with van der Waals surface area (Å²) in [7, 11) is 0. The second-order valence-corrected chi connectivity index (χ2v) is 3.79. The predicted molar refractivity (Wildman–Crippen MR) is 62.7 cm³/mol. The summed E-state index contributed by atoms with van der Waals surface area (Å²) in [6.07, 6.45) is 1.65. The molecule has 6 nitrogen and oxygen atoms in total. The van der Waals surface area contributed by atoms with Crippen LogP contribution in [-0.2, 0) is 9.59 Å². The Morgan fingerprint density at radius 3 is 2.53 bits per heavy atom. The van der Waals surface area contributed by atoms with E-state index in [4.69, 9.17) is 11.6 Å². The quantitative estimate of drug-likeness (QED) is 0.781. The number of aromatic nitrogens is 3. The van der Waals surface area contributed by atoms with Crippen LogP contribution in [0.1, 0.15) is 13.8 Å². The molecular weight excluding hydrogens is 244 g/mol. The number of nitrogens with zero attached hydrogens (tertiary/aromatic N) is 3. The van der Waals surface area contributed by atoms with Crippen LogP contribution in [0.2, 0.25) is 5.15 Å². The van der Waals surface area contributed by atoms with Crippen LogP contribution >= 0.6 is 11.6 Å². The first-order valence-electron chi connectivity index (χ1n) is 4.82. The van der Waals surface area contributed by atoms with E-state index in [2.05, 4.69) is 15.0 Å². The summed E-state index contributed by atoms with van der Waals surface area (Å²) in [4.78, 5) is 34.4. The van der Waals surface area contributed by atoms with E-state index < -0.39 is 11.8 Å². The van der Waals surface area contributed by atoms with Gasteiger partial charge in [0.25, 0.3) is 0 Å². The van der Waals surface area contributed by atoms with Crippen LogP contribution in [0.25, 0.3) is 11.0 Å². The summed E-state index contributed by atoms with van der Waals surface area (Å²) < 4.78 is 0. The average molecular weight is 253 g/mol. The van der Waals surface area contributed by atoms with Crippen molar-refractivity contribution < 1.29 is 9.59 Å². The van der Waals surface area contributed by atoms with Crippen molar-refractivity contribution in [2.75, 3.05) is 4.90 Å². The minimum atomic E-state index is -0.459. The highest BCUT2D eigenvalue weighted by molar-refractivity contribution is 6.34. The van der Waals surface area contributed by atoms with Gasteiger partial charge in [-0.15, -0.1) is 0 Å². The Balaban J connectivity index is 2.61. The van der Waals surface area contributed by atoms with Crippen molar-refractivity contribution >= 4 is 40.4 Å². The van der Waals surface area contributed by atoms with Crippen molar-refractivity contribution in [1.82, 2.24) is 15.0 Å². The molecule has 0 radical (unpaired) electrons. The SMILES string of the molecule is CC(=O)N(C(C)=O)c1nc(Cl)c2cc[nH]c2n1. The van der Waals surface area contributed by atoms with E-state index in [-0.39, 0.29) is 11.1 Å². The molecule has 0 saturated heterocycles. The van der Waals surface area contributed by atoms with Crippen molar-refractivity contribution in [2.45, 2.75) is 13.8 Å². The van der Waals surface area contributed by atoms with Gasteiger partial charge in [0.05, 0.1) is 5.39 Å². The number of imide groups is 1. The van der Waals surface area contributed by atoms with Crippen molar-refractivity contribution in [1.29, 1.82) is 0 Å². The topological polar surface area (TPSA) is 79.0 Å². The molecule has 7 heteroatoms. The monoisotopic (exact) mass is 252 g/mol. The Hall–Kier alpha value is -1.95. The molecule has 2 heterocycles. The van der Waals surface area contributed by atoms with Crippen molar-refractivity contribution in [3.05, 3.63) is 17.4 Å². The van der Waals surface area contributed by atoms with E-state index in [1.165, 1.54) is 13.8 Å². The maximum Gasteiger partial charge on any atom is 0.242 e. The van der Waals surface area contributed by atoms with E-state index in [0.29, 0.717) is 11.0 Å². The highest BCUT2D eigenvalue weighted by Crippen LogP contribution is 2.22. The van der Waals surface area contributed by atoms with E-state index in [9.17, 15) is 9.59 Å². The molecule has 1 N–H and O–H groups in total. The smallest absolute Gasteiger partial charge is 0.242 e. The number of amides is 2. The lowest BCUT2D eigenvalue weighted by Gasteiger charge is -2.14. The highest BCUT2D eigenvalue weighted by Gasteiger charge is 2.20. The third-order valence-corrected chi connectivity index (χ3v) is 2.48. The van der Waals surface area contributed by atoms with Crippen LogP contribution < -0.4 is 4.90 Å². The predicted octanol–water partition coefficient (Wildman–Crippen LogP) is 1.51. The summed E-state index contributed by atoms with van der Waals surface area (Å²) in [6.45, 7) is 2.52. The van der Waals surface area contributed by atoms with Crippen LogP contribution in [0.5, 0.6) is 0 Å². The molecule has 2 amide bonds. The lowest BCUT2D eigenvalue weighted by molar-refractivity contribution is -0.124. The zero-order valence-electron chi connectivity index (χ0n) is 9.19. The van der Waals surface area contributed by atoms with Crippen molar-refractivity contribution in [3.8, 4) is 0 Å². The van der Waals surface area contributed by atoms with Crippen LogP contribution in [0, 0.1) is 0 Å². The first-order chi connectivity index (χ1) is 8.00. The zero-order valence-corrected chi connectivity index (χ0v) is 9.95. The molecule has 17 heavy (non-hydrogen) atoms. The molecule has 0 saturated carbocycles. The number of fused-ring (bicyclic) bond motifs is 1. The van der Waals surface area contributed by atoms with E-state index in [0.717, 1.165) is 4.90 Å². The molecule has 2 aromatic heterocycles. The molecular formula is C10H9ClN4O2. The second-order valence-electron chi connectivity index (χ2n) is 3.43. The molecule has 0 aliphatic carbocycles. The van der Waals surface area contributed by atoms with Gasteiger partial charge in [-0.1, -0.05) is 11.6 Å². The summed E-state index contributed by atoms with van der Waals surface area (Å²) in [6, 6.07) is 1.72. The normalized spacial score (nSPS) is 10.5. The molecule has 0 fully saturated rings. The number of halogens is 1. The minimum absolute atomic E-state index is 0.0232. The van der Waals surface area contributed by atoms with Crippen LogP contribution in [0.4, 0.5) is 5.95 Å². The minimum Gasteiger partial charge on any atom is -0.346 e. The zero-order chi connectivity index (χ0) is 12.6. The molecule has 0 bridgehead atoms. The number of carbonyl (C=O) groups is 2. The highest BCUT2D eigenvalue weighted by atomic mass is 35.5. The Labute approximate surface area is 102 Å².